The van der Waals surface area contributed by atoms with E-state index in [1.807, 2.05) is 0 Å². The second-order valence-electron chi connectivity index (χ2n) is 4.27. The van der Waals surface area contributed by atoms with Gasteiger partial charge in [0, 0.05) is 5.56 Å². The number of hydrogen-bond donors (Lipinski definition) is 0. The van der Waals surface area contributed by atoms with Gasteiger partial charge in [0.15, 0.2) is 6.61 Å². The molecule has 0 aliphatic heterocycles. The molecule has 0 aliphatic rings. The predicted molar refractivity (Wildman–Crippen MR) is 67.0 cm³/mol. The fourth-order valence-corrected chi connectivity index (χ4v) is 1.71. The van der Waals surface area contributed by atoms with E-state index in [1.54, 1.807) is 25.1 Å². The summed E-state index contributed by atoms with van der Waals surface area (Å²) in [5, 5.41) is 0. The third-order valence-corrected chi connectivity index (χ3v) is 2.74. The van der Waals surface area contributed by atoms with Crippen LogP contribution in [0.1, 0.15) is 11.1 Å². The number of hydrogen-bond acceptors (Lipinski definition) is 1. The Hall–Kier alpha value is -1.97. The lowest BCUT2D eigenvalue weighted by molar-refractivity contribution is -0.0468. The fourth-order valence-electron chi connectivity index (χ4n) is 1.71. The molecule has 0 aromatic heterocycles. The Morgan fingerprint density at radius 2 is 1.74 bits per heavy atom. The van der Waals surface area contributed by atoms with Crippen LogP contribution in [0.4, 0.5) is 13.2 Å². The summed E-state index contributed by atoms with van der Waals surface area (Å²) in [6, 6.07) is 11.2. The van der Waals surface area contributed by atoms with Gasteiger partial charge in [0.1, 0.15) is 11.6 Å². The lowest BCUT2D eigenvalue weighted by atomic mass is 10.1. The van der Waals surface area contributed by atoms with Gasteiger partial charge in [0.2, 0.25) is 0 Å². The molecule has 0 unspecified atom stereocenters. The van der Waals surface area contributed by atoms with Gasteiger partial charge < -0.3 is 4.74 Å². The van der Waals surface area contributed by atoms with Gasteiger partial charge in [0.25, 0.3) is 0 Å². The molecule has 2 rings (SSSR count). The summed E-state index contributed by atoms with van der Waals surface area (Å²) >= 11 is 0. The van der Waals surface area contributed by atoms with Gasteiger partial charge in [0.05, 0.1) is 0 Å². The largest absolute Gasteiger partial charge is 0.487 e. The number of halogens is 3. The quantitative estimate of drug-likeness (QED) is 0.801. The minimum atomic E-state index is -3.08. The number of rotatable bonds is 4. The number of benzene rings is 2. The molecule has 1 nitrogen and oxygen atoms in total. The van der Waals surface area contributed by atoms with Crippen molar-refractivity contribution >= 4 is 0 Å². The third-order valence-electron chi connectivity index (χ3n) is 2.74. The summed E-state index contributed by atoms with van der Waals surface area (Å²) in [6.07, 6.45) is 0. The second kappa shape index (κ2) is 5.34. The highest BCUT2D eigenvalue weighted by atomic mass is 19.3. The van der Waals surface area contributed by atoms with Crippen LogP contribution >= 0.6 is 0 Å². The molecule has 0 N–H and O–H groups in total. The van der Waals surface area contributed by atoms with E-state index in [0.29, 0.717) is 5.56 Å². The fraction of sp³-hybridized carbons (Fsp3) is 0.200. The van der Waals surface area contributed by atoms with Crippen molar-refractivity contribution < 1.29 is 17.9 Å². The van der Waals surface area contributed by atoms with Crippen molar-refractivity contribution in [1.82, 2.24) is 0 Å². The van der Waals surface area contributed by atoms with Gasteiger partial charge >= 0.3 is 5.92 Å². The first-order valence-electron chi connectivity index (χ1n) is 5.81. The Labute approximate surface area is 109 Å². The van der Waals surface area contributed by atoms with Crippen molar-refractivity contribution in [3.63, 3.8) is 0 Å². The average Bonchev–Trinajstić information content (AvgIpc) is 2.39. The van der Waals surface area contributed by atoms with Crippen molar-refractivity contribution in [3.8, 4) is 5.75 Å². The Balaban J connectivity index is 2.09. The second-order valence-corrected chi connectivity index (χ2v) is 4.27. The van der Waals surface area contributed by atoms with Gasteiger partial charge in [-0.3, -0.25) is 0 Å². The van der Waals surface area contributed by atoms with E-state index in [1.165, 1.54) is 30.3 Å². The molecule has 0 heterocycles. The van der Waals surface area contributed by atoms with Crippen LogP contribution in [0.2, 0.25) is 0 Å². The molecule has 0 radical (unpaired) electrons. The maximum atomic E-state index is 13.9. The molecule has 0 amide bonds. The van der Waals surface area contributed by atoms with E-state index in [-0.39, 0.29) is 11.3 Å². The summed E-state index contributed by atoms with van der Waals surface area (Å²) in [5.74, 6) is -3.24. The third kappa shape index (κ3) is 3.28. The zero-order chi connectivity index (χ0) is 13.9. The van der Waals surface area contributed by atoms with Crippen molar-refractivity contribution in [3.05, 3.63) is 65.5 Å². The highest BCUT2D eigenvalue weighted by Gasteiger charge is 2.32. The van der Waals surface area contributed by atoms with Crippen LogP contribution in [0.15, 0.2) is 48.5 Å². The van der Waals surface area contributed by atoms with E-state index < -0.39 is 18.3 Å². The summed E-state index contributed by atoms with van der Waals surface area (Å²) < 4.78 is 45.7. The number of aryl methyl sites for hydroxylation is 1. The molecule has 2 aromatic carbocycles. The standard InChI is InChI=1S/C15H13F3O/c1-11-9-13(16)7-8-14(11)19-10-15(17,18)12-5-3-2-4-6-12/h2-9H,10H2,1H3. The molecule has 2 aromatic rings. The molecule has 100 valence electrons. The molecule has 0 fully saturated rings. The van der Waals surface area contributed by atoms with Crippen molar-refractivity contribution in [2.45, 2.75) is 12.8 Å². The molecule has 4 heteroatoms. The lowest BCUT2D eigenvalue weighted by Gasteiger charge is -2.18. The van der Waals surface area contributed by atoms with Crippen molar-refractivity contribution in [2.24, 2.45) is 0 Å². The summed E-state index contributed by atoms with van der Waals surface area (Å²) in [4.78, 5) is 0. The normalized spacial score (nSPS) is 11.4. The van der Waals surface area contributed by atoms with Crippen molar-refractivity contribution in [2.75, 3.05) is 6.61 Å². The summed E-state index contributed by atoms with van der Waals surface area (Å²) in [6.45, 7) is 0.836. The first-order chi connectivity index (χ1) is 8.99. The Kier molecular flexibility index (Phi) is 3.79. The number of alkyl halides is 2. The summed E-state index contributed by atoms with van der Waals surface area (Å²) in [7, 11) is 0. The molecule has 0 bridgehead atoms. The van der Waals surface area contributed by atoms with Crippen LogP contribution in [0, 0.1) is 12.7 Å². The van der Waals surface area contributed by atoms with Gasteiger partial charge in [-0.1, -0.05) is 30.3 Å². The van der Waals surface area contributed by atoms with Crippen LogP contribution in [-0.4, -0.2) is 6.61 Å². The van der Waals surface area contributed by atoms with Gasteiger partial charge in [-0.2, -0.15) is 8.78 Å². The zero-order valence-electron chi connectivity index (χ0n) is 10.4. The van der Waals surface area contributed by atoms with Crippen molar-refractivity contribution in [1.29, 1.82) is 0 Å². The maximum absolute atomic E-state index is 13.9. The topological polar surface area (TPSA) is 9.23 Å². The summed E-state index contributed by atoms with van der Waals surface area (Å²) in [5.41, 5.74) is 0.388. The monoisotopic (exact) mass is 266 g/mol. The minimum Gasteiger partial charge on any atom is -0.487 e. The maximum Gasteiger partial charge on any atom is 0.306 e. The first kappa shape index (κ1) is 13.5. The van der Waals surface area contributed by atoms with Gasteiger partial charge in [-0.25, -0.2) is 4.39 Å². The van der Waals surface area contributed by atoms with E-state index in [4.69, 9.17) is 4.74 Å². The molecule has 0 saturated carbocycles. The molecule has 19 heavy (non-hydrogen) atoms. The molecule has 0 saturated heterocycles. The van der Waals surface area contributed by atoms with E-state index >= 15 is 0 Å². The first-order valence-corrected chi connectivity index (χ1v) is 5.81. The van der Waals surface area contributed by atoms with E-state index in [0.717, 1.165) is 0 Å². The van der Waals surface area contributed by atoms with Crippen LogP contribution in [0.5, 0.6) is 5.75 Å². The van der Waals surface area contributed by atoms with Gasteiger partial charge in [-0.15, -0.1) is 0 Å². The minimum absolute atomic E-state index is 0.102. The highest BCUT2D eigenvalue weighted by molar-refractivity contribution is 5.32. The van der Waals surface area contributed by atoms with Crippen LogP contribution in [0.3, 0.4) is 0 Å². The molecule has 0 spiro atoms. The molecule has 0 aliphatic carbocycles. The van der Waals surface area contributed by atoms with E-state index in [2.05, 4.69) is 0 Å². The zero-order valence-corrected chi connectivity index (χ0v) is 10.4. The SMILES string of the molecule is Cc1cc(F)ccc1OCC(F)(F)c1ccccc1. The molecule has 0 atom stereocenters. The van der Waals surface area contributed by atoms with Crippen LogP contribution < -0.4 is 4.74 Å². The Morgan fingerprint density at radius 3 is 2.37 bits per heavy atom. The molecular weight excluding hydrogens is 253 g/mol. The Bertz CT molecular complexity index is 553. The van der Waals surface area contributed by atoms with Crippen LogP contribution in [-0.2, 0) is 5.92 Å². The lowest BCUT2D eigenvalue weighted by Crippen LogP contribution is -2.23. The Morgan fingerprint density at radius 1 is 1.05 bits per heavy atom. The van der Waals surface area contributed by atoms with Crippen LogP contribution in [0.25, 0.3) is 0 Å². The average molecular weight is 266 g/mol. The molecular formula is C15H13F3O. The smallest absolute Gasteiger partial charge is 0.306 e. The predicted octanol–water partition coefficient (Wildman–Crippen LogP) is 4.30. The van der Waals surface area contributed by atoms with E-state index in [9.17, 15) is 13.2 Å². The van der Waals surface area contributed by atoms with Gasteiger partial charge in [-0.05, 0) is 30.7 Å². The number of ether oxygens (including phenoxy) is 1. The highest BCUT2D eigenvalue weighted by Crippen LogP contribution is 2.29.